The number of fused-ring (bicyclic) bond motifs is 1. The maximum Gasteiger partial charge on any atom is 0.269 e. The Hall–Kier alpha value is -1.74. The lowest BCUT2D eigenvalue weighted by Crippen LogP contribution is -2.11. The first-order valence-corrected chi connectivity index (χ1v) is 11.1. The van der Waals surface area contributed by atoms with Gasteiger partial charge in [-0.05, 0) is 30.4 Å². The molecule has 0 saturated heterocycles. The Labute approximate surface area is 165 Å². The Balaban J connectivity index is 1.79. The molecule has 1 aliphatic carbocycles. The Kier molecular flexibility index (Phi) is 5.58. The van der Waals surface area contributed by atoms with Gasteiger partial charge in [0, 0.05) is 36.9 Å². The molecule has 1 atom stereocenters. The highest BCUT2D eigenvalue weighted by molar-refractivity contribution is 7.94. The van der Waals surface area contributed by atoms with Crippen LogP contribution in [0.25, 0.3) is 21.5 Å². The molecular formula is C19H23N4O2S2+. The normalized spacial score (nSPS) is 15.3. The van der Waals surface area contributed by atoms with E-state index < -0.39 is 0 Å². The highest BCUT2D eigenvalue weighted by Gasteiger charge is 2.34. The fourth-order valence-electron chi connectivity index (χ4n) is 3.18. The zero-order valence-corrected chi connectivity index (χ0v) is 17.1. The van der Waals surface area contributed by atoms with Crippen LogP contribution in [0.4, 0.5) is 5.69 Å². The lowest BCUT2D eigenvalue weighted by atomic mass is 10.0. The van der Waals surface area contributed by atoms with Gasteiger partial charge in [-0.25, -0.2) is 15.0 Å². The average molecular weight is 404 g/mol. The van der Waals surface area contributed by atoms with Crippen molar-refractivity contribution in [2.45, 2.75) is 29.4 Å². The molecule has 1 saturated carbocycles. The molecule has 3 aromatic heterocycles. The van der Waals surface area contributed by atoms with Gasteiger partial charge in [0.25, 0.3) is 4.21 Å². The standard InChI is InChI=1S/C19H23N4O2S2/c1-24-6-3-7-27(25-2)19-17(20)16-14(12-4-5-12)8-15(23-18(16)26-19)13-9-21-11-22-10-13/h8-12H,3-7,20H2,1-2H3/q+1. The van der Waals surface area contributed by atoms with E-state index in [0.29, 0.717) is 5.92 Å². The zero-order chi connectivity index (χ0) is 18.8. The monoisotopic (exact) mass is 403 g/mol. The second-order valence-corrected chi connectivity index (χ2v) is 9.64. The predicted molar refractivity (Wildman–Crippen MR) is 111 cm³/mol. The third-order valence-electron chi connectivity index (χ3n) is 4.66. The van der Waals surface area contributed by atoms with Gasteiger partial charge >= 0.3 is 0 Å². The van der Waals surface area contributed by atoms with Crippen molar-refractivity contribution in [3.05, 3.63) is 30.4 Å². The van der Waals surface area contributed by atoms with Gasteiger partial charge in [0.05, 0.1) is 19.4 Å². The molecule has 27 heavy (non-hydrogen) atoms. The molecule has 1 aliphatic rings. The van der Waals surface area contributed by atoms with Gasteiger partial charge < -0.3 is 10.5 Å². The van der Waals surface area contributed by atoms with E-state index in [1.165, 1.54) is 24.7 Å². The molecule has 4 rings (SSSR count). The quantitative estimate of drug-likeness (QED) is 0.455. The summed E-state index contributed by atoms with van der Waals surface area (Å²) in [6.07, 6.45) is 8.50. The molecule has 6 nitrogen and oxygen atoms in total. The summed E-state index contributed by atoms with van der Waals surface area (Å²) in [4.78, 5) is 14.1. The van der Waals surface area contributed by atoms with Crippen molar-refractivity contribution in [2.24, 2.45) is 0 Å². The number of nitrogens with two attached hydrogens (primary N) is 1. The number of pyridine rings is 1. The van der Waals surface area contributed by atoms with Crippen molar-refractivity contribution in [3.8, 4) is 11.3 Å². The van der Waals surface area contributed by atoms with Gasteiger partial charge in [-0.3, -0.25) is 0 Å². The molecule has 3 aromatic rings. The van der Waals surface area contributed by atoms with Gasteiger partial charge in [0.15, 0.2) is 11.2 Å². The van der Waals surface area contributed by atoms with Crippen LogP contribution in [-0.2, 0) is 20.1 Å². The van der Waals surface area contributed by atoms with Crippen LogP contribution in [0.3, 0.4) is 0 Å². The minimum absolute atomic E-state index is 0.344. The van der Waals surface area contributed by atoms with E-state index in [4.69, 9.17) is 19.6 Å². The lowest BCUT2D eigenvalue weighted by molar-refractivity contribution is 0.199. The number of aromatic nitrogens is 3. The predicted octanol–water partition coefficient (Wildman–Crippen LogP) is 3.79. The Morgan fingerprint density at radius 1 is 1.26 bits per heavy atom. The molecule has 0 spiro atoms. The average Bonchev–Trinajstić information content (AvgIpc) is 3.50. The van der Waals surface area contributed by atoms with Crippen LogP contribution in [0, 0.1) is 0 Å². The Bertz CT molecular complexity index is 928. The van der Waals surface area contributed by atoms with Crippen molar-refractivity contribution in [3.63, 3.8) is 0 Å². The molecule has 0 aliphatic heterocycles. The molecule has 1 fully saturated rings. The maximum atomic E-state index is 6.62. The molecule has 0 aromatic carbocycles. The van der Waals surface area contributed by atoms with E-state index in [1.807, 2.05) is 0 Å². The molecule has 1 unspecified atom stereocenters. The number of nitrogens with zero attached hydrogens (tertiary/aromatic N) is 3. The van der Waals surface area contributed by atoms with Crippen LogP contribution in [0.15, 0.2) is 29.0 Å². The van der Waals surface area contributed by atoms with Crippen LogP contribution in [0.5, 0.6) is 0 Å². The third kappa shape index (κ3) is 3.80. The van der Waals surface area contributed by atoms with Crippen LogP contribution < -0.4 is 5.73 Å². The number of rotatable bonds is 8. The number of thiophene rings is 1. The molecule has 0 amide bonds. The second kappa shape index (κ2) is 8.10. The van der Waals surface area contributed by atoms with Crippen molar-refractivity contribution in [2.75, 3.05) is 32.3 Å². The largest absolute Gasteiger partial charge is 0.393 e. The van der Waals surface area contributed by atoms with Crippen LogP contribution in [0.2, 0.25) is 0 Å². The number of hydrogen-bond donors (Lipinski definition) is 1. The number of methoxy groups -OCH3 is 1. The minimum Gasteiger partial charge on any atom is -0.393 e. The summed E-state index contributed by atoms with van der Waals surface area (Å²) < 4.78 is 12.1. The Morgan fingerprint density at radius 2 is 2.04 bits per heavy atom. The van der Waals surface area contributed by atoms with Crippen molar-refractivity contribution < 1.29 is 8.92 Å². The molecule has 8 heteroatoms. The second-order valence-electron chi connectivity index (χ2n) is 6.54. The fourth-order valence-corrected chi connectivity index (χ4v) is 6.34. The number of anilines is 1. The molecule has 0 bridgehead atoms. The summed E-state index contributed by atoms with van der Waals surface area (Å²) >= 11 is 1.31. The first-order valence-electron chi connectivity index (χ1n) is 8.95. The topological polar surface area (TPSA) is 83.2 Å². The van der Waals surface area contributed by atoms with E-state index >= 15 is 0 Å². The SMILES string of the molecule is COCCC[S+](OC)c1sc2nc(-c3cncnc3)cc(C3CC3)c2c1N. The summed E-state index contributed by atoms with van der Waals surface area (Å²) in [6, 6.07) is 2.17. The maximum absolute atomic E-state index is 6.62. The number of hydrogen-bond acceptors (Lipinski definition) is 7. The minimum atomic E-state index is -0.344. The lowest BCUT2D eigenvalue weighted by Gasteiger charge is -2.06. The smallest absolute Gasteiger partial charge is 0.269 e. The van der Waals surface area contributed by atoms with Gasteiger partial charge in [0.2, 0.25) is 0 Å². The van der Waals surface area contributed by atoms with Gasteiger partial charge in [-0.2, -0.15) is 4.18 Å². The van der Waals surface area contributed by atoms with Gasteiger partial charge in [-0.15, -0.1) is 0 Å². The first-order chi connectivity index (χ1) is 13.2. The molecular weight excluding hydrogens is 380 g/mol. The van der Waals surface area contributed by atoms with Crippen LogP contribution in [0.1, 0.15) is 30.7 Å². The number of nitrogen functional groups attached to an aromatic ring is 1. The van der Waals surface area contributed by atoms with Crippen molar-refractivity contribution >= 4 is 38.4 Å². The highest BCUT2D eigenvalue weighted by Crippen LogP contribution is 2.49. The molecule has 2 N–H and O–H groups in total. The van der Waals surface area contributed by atoms with E-state index in [0.717, 1.165) is 50.2 Å². The van der Waals surface area contributed by atoms with Crippen LogP contribution >= 0.6 is 11.3 Å². The van der Waals surface area contributed by atoms with Crippen molar-refractivity contribution in [1.29, 1.82) is 0 Å². The van der Waals surface area contributed by atoms with Gasteiger partial charge in [0.1, 0.15) is 22.6 Å². The van der Waals surface area contributed by atoms with E-state index in [2.05, 4.69) is 16.0 Å². The molecule has 3 heterocycles. The summed E-state index contributed by atoms with van der Waals surface area (Å²) in [5.74, 6) is 1.47. The first kappa shape index (κ1) is 18.6. The van der Waals surface area contributed by atoms with Crippen LogP contribution in [-0.4, -0.2) is 41.5 Å². The van der Waals surface area contributed by atoms with Crippen molar-refractivity contribution in [1.82, 2.24) is 15.0 Å². The van der Waals surface area contributed by atoms with E-state index in [1.54, 1.807) is 38.0 Å². The highest BCUT2D eigenvalue weighted by atomic mass is 32.2. The van der Waals surface area contributed by atoms with E-state index in [-0.39, 0.29) is 11.2 Å². The molecule has 0 radical (unpaired) electrons. The van der Waals surface area contributed by atoms with Gasteiger partial charge in [-0.1, -0.05) is 11.3 Å². The summed E-state index contributed by atoms with van der Waals surface area (Å²) in [5.41, 5.74) is 10.6. The molecule has 142 valence electrons. The fraction of sp³-hybridized carbons (Fsp3) is 0.421. The summed E-state index contributed by atoms with van der Waals surface area (Å²) in [5, 5.41) is 1.11. The summed E-state index contributed by atoms with van der Waals surface area (Å²) in [7, 11) is 3.47. The summed E-state index contributed by atoms with van der Waals surface area (Å²) in [6.45, 7) is 0.724. The number of ether oxygens (including phenoxy) is 1. The van der Waals surface area contributed by atoms with E-state index in [9.17, 15) is 0 Å². The Morgan fingerprint density at radius 3 is 2.70 bits per heavy atom. The third-order valence-corrected chi connectivity index (χ3v) is 8.05. The zero-order valence-electron chi connectivity index (χ0n) is 15.5.